The third-order valence-corrected chi connectivity index (χ3v) is 4.90. The average Bonchev–Trinajstić information content (AvgIpc) is 2.44. The third-order valence-electron chi connectivity index (χ3n) is 3.83. The summed E-state index contributed by atoms with van der Waals surface area (Å²) < 4.78 is 28.2. The van der Waals surface area contributed by atoms with Crippen LogP contribution in [0, 0.1) is 5.92 Å². The SMILES string of the molecule is CS(=O)(=O)CC1CCCN(Cc2cccc(OCC(N)=O)c2)C1. The minimum Gasteiger partial charge on any atom is -0.484 e. The summed E-state index contributed by atoms with van der Waals surface area (Å²) in [6, 6.07) is 7.55. The van der Waals surface area contributed by atoms with Gasteiger partial charge in [-0.25, -0.2) is 8.42 Å². The Morgan fingerprint density at radius 3 is 2.91 bits per heavy atom. The first kappa shape index (κ1) is 17.7. The summed E-state index contributed by atoms with van der Waals surface area (Å²) in [6.07, 6.45) is 3.27. The highest BCUT2D eigenvalue weighted by atomic mass is 32.2. The number of carbonyl (C=O) groups excluding carboxylic acids is 1. The van der Waals surface area contributed by atoms with E-state index < -0.39 is 15.7 Å². The molecular weight excluding hydrogens is 316 g/mol. The molecule has 0 bridgehead atoms. The van der Waals surface area contributed by atoms with E-state index in [0.717, 1.165) is 38.0 Å². The lowest BCUT2D eigenvalue weighted by molar-refractivity contribution is -0.119. The number of primary amides is 1. The number of rotatable bonds is 7. The fourth-order valence-corrected chi connectivity index (χ4v) is 4.13. The fourth-order valence-electron chi connectivity index (χ4n) is 3.01. The molecule has 1 amide bonds. The highest BCUT2D eigenvalue weighted by molar-refractivity contribution is 7.90. The predicted octanol–water partition coefficient (Wildman–Crippen LogP) is 0.807. The van der Waals surface area contributed by atoms with Gasteiger partial charge in [0.05, 0.1) is 5.75 Å². The van der Waals surface area contributed by atoms with Crippen molar-refractivity contribution in [1.82, 2.24) is 4.90 Å². The molecule has 2 N–H and O–H groups in total. The summed E-state index contributed by atoms with van der Waals surface area (Å²) in [5.74, 6) is 0.569. The van der Waals surface area contributed by atoms with Crippen LogP contribution in [0.4, 0.5) is 0 Å². The van der Waals surface area contributed by atoms with Crippen molar-refractivity contribution in [1.29, 1.82) is 0 Å². The maximum absolute atomic E-state index is 11.5. The zero-order valence-electron chi connectivity index (χ0n) is 13.4. The number of benzene rings is 1. The van der Waals surface area contributed by atoms with Gasteiger partial charge in [-0.2, -0.15) is 0 Å². The van der Waals surface area contributed by atoms with E-state index in [0.29, 0.717) is 5.75 Å². The zero-order valence-corrected chi connectivity index (χ0v) is 14.2. The molecule has 7 heteroatoms. The molecule has 6 nitrogen and oxygen atoms in total. The van der Waals surface area contributed by atoms with Crippen LogP contribution in [0.1, 0.15) is 18.4 Å². The number of piperidine rings is 1. The van der Waals surface area contributed by atoms with Gasteiger partial charge in [-0.3, -0.25) is 9.69 Å². The predicted molar refractivity (Wildman–Crippen MR) is 88.8 cm³/mol. The maximum atomic E-state index is 11.5. The lowest BCUT2D eigenvalue weighted by Gasteiger charge is -2.32. The average molecular weight is 340 g/mol. The molecule has 23 heavy (non-hydrogen) atoms. The number of hydrogen-bond donors (Lipinski definition) is 1. The molecule has 1 aliphatic rings. The van der Waals surface area contributed by atoms with Gasteiger partial charge in [0, 0.05) is 19.3 Å². The first-order valence-corrected chi connectivity index (χ1v) is 9.78. The molecule has 1 fully saturated rings. The first-order valence-electron chi connectivity index (χ1n) is 7.72. The van der Waals surface area contributed by atoms with E-state index in [-0.39, 0.29) is 18.3 Å². The molecule has 1 heterocycles. The van der Waals surface area contributed by atoms with Crippen molar-refractivity contribution in [3.05, 3.63) is 29.8 Å². The normalized spacial score (nSPS) is 19.4. The van der Waals surface area contributed by atoms with Crippen LogP contribution in [-0.2, 0) is 21.2 Å². The van der Waals surface area contributed by atoms with Gasteiger partial charge >= 0.3 is 0 Å². The van der Waals surface area contributed by atoms with Crippen molar-refractivity contribution in [3.8, 4) is 5.75 Å². The summed E-state index contributed by atoms with van der Waals surface area (Å²) >= 11 is 0. The molecule has 1 aromatic carbocycles. The van der Waals surface area contributed by atoms with Crippen molar-refractivity contribution in [3.63, 3.8) is 0 Å². The molecule has 0 spiro atoms. The second kappa shape index (κ2) is 7.79. The molecule has 2 rings (SSSR count). The number of amides is 1. The van der Waals surface area contributed by atoms with Gasteiger partial charge < -0.3 is 10.5 Å². The van der Waals surface area contributed by atoms with Crippen LogP contribution in [0.2, 0.25) is 0 Å². The monoisotopic (exact) mass is 340 g/mol. The van der Waals surface area contributed by atoms with Crippen molar-refractivity contribution in [2.24, 2.45) is 11.7 Å². The quantitative estimate of drug-likeness (QED) is 0.793. The molecule has 1 unspecified atom stereocenters. The zero-order chi connectivity index (χ0) is 16.9. The molecule has 0 radical (unpaired) electrons. The van der Waals surface area contributed by atoms with Gasteiger partial charge in [0.1, 0.15) is 15.6 Å². The smallest absolute Gasteiger partial charge is 0.255 e. The van der Waals surface area contributed by atoms with Gasteiger partial charge in [0.2, 0.25) is 0 Å². The lowest BCUT2D eigenvalue weighted by Crippen LogP contribution is -2.37. The van der Waals surface area contributed by atoms with Gasteiger partial charge in [-0.1, -0.05) is 12.1 Å². The largest absolute Gasteiger partial charge is 0.484 e. The summed E-state index contributed by atoms with van der Waals surface area (Å²) in [5, 5.41) is 0. The number of hydrogen-bond acceptors (Lipinski definition) is 5. The van der Waals surface area contributed by atoms with Crippen LogP contribution >= 0.6 is 0 Å². The highest BCUT2D eigenvalue weighted by Gasteiger charge is 2.23. The number of nitrogens with two attached hydrogens (primary N) is 1. The Morgan fingerprint density at radius 1 is 1.43 bits per heavy atom. The molecule has 128 valence electrons. The fraction of sp³-hybridized carbons (Fsp3) is 0.562. The minimum atomic E-state index is -2.93. The van der Waals surface area contributed by atoms with Gasteiger partial charge in [-0.15, -0.1) is 0 Å². The van der Waals surface area contributed by atoms with Crippen molar-refractivity contribution < 1.29 is 17.9 Å². The maximum Gasteiger partial charge on any atom is 0.255 e. The van der Waals surface area contributed by atoms with E-state index in [1.807, 2.05) is 18.2 Å². The topological polar surface area (TPSA) is 89.7 Å². The van der Waals surface area contributed by atoms with Gasteiger partial charge in [0.15, 0.2) is 6.61 Å². The van der Waals surface area contributed by atoms with E-state index in [1.165, 1.54) is 6.26 Å². The Labute approximate surface area is 137 Å². The van der Waals surface area contributed by atoms with Crippen molar-refractivity contribution in [2.75, 3.05) is 31.7 Å². The Hall–Kier alpha value is -1.60. The number of likely N-dealkylation sites (tertiary alicyclic amines) is 1. The van der Waals surface area contributed by atoms with Crippen LogP contribution in [-0.4, -0.2) is 50.9 Å². The highest BCUT2D eigenvalue weighted by Crippen LogP contribution is 2.21. The second-order valence-electron chi connectivity index (χ2n) is 6.24. The Morgan fingerprint density at radius 2 is 2.22 bits per heavy atom. The Kier molecular flexibility index (Phi) is 6.01. The standard InChI is InChI=1S/C16H24N2O4S/c1-23(20,21)12-14-5-3-7-18(10-14)9-13-4-2-6-15(8-13)22-11-16(17)19/h2,4,6,8,14H,3,5,7,9-12H2,1H3,(H2,17,19). The summed E-state index contributed by atoms with van der Waals surface area (Å²) in [5.41, 5.74) is 6.15. The van der Waals surface area contributed by atoms with Gasteiger partial charge in [0.25, 0.3) is 5.91 Å². The molecule has 1 saturated heterocycles. The van der Waals surface area contributed by atoms with E-state index >= 15 is 0 Å². The summed E-state index contributed by atoms with van der Waals surface area (Å²) in [6.45, 7) is 2.36. The Bertz CT molecular complexity index is 645. The molecule has 0 saturated carbocycles. The molecule has 0 aliphatic carbocycles. The second-order valence-corrected chi connectivity index (χ2v) is 8.42. The Balaban J connectivity index is 1.93. The van der Waals surface area contributed by atoms with Crippen LogP contribution < -0.4 is 10.5 Å². The third kappa shape index (κ3) is 6.58. The number of nitrogens with zero attached hydrogens (tertiary/aromatic N) is 1. The van der Waals surface area contributed by atoms with Crippen molar-refractivity contribution >= 4 is 15.7 Å². The van der Waals surface area contributed by atoms with E-state index in [2.05, 4.69) is 4.90 Å². The summed E-state index contributed by atoms with van der Waals surface area (Å²) in [7, 11) is -2.93. The number of carbonyl (C=O) groups is 1. The molecule has 1 atom stereocenters. The molecular formula is C16H24N2O4S. The van der Waals surface area contributed by atoms with E-state index in [4.69, 9.17) is 10.5 Å². The molecule has 0 aromatic heterocycles. The van der Waals surface area contributed by atoms with Crippen molar-refractivity contribution in [2.45, 2.75) is 19.4 Å². The number of ether oxygens (including phenoxy) is 1. The van der Waals surface area contributed by atoms with Crippen LogP contribution in [0.5, 0.6) is 5.75 Å². The van der Waals surface area contributed by atoms with Crippen LogP contribution in [0.15, 0.2) is 24.3 Å². The minimum absolute atomic E-state index is 0.135. The number of sulfone groups is 1. The van der Waals surface area contributed by atoms with Crippen LogP contribution in [0.25, 0.3) is 0 Å². The first-order chi connectivity index (χ1) is 10.8. The lowest BCUT2D eigenvalue weighted by atomic mass is 9.99. The van der Waals surface area contributed by atoms with E-state index in [9.17, 15) is 13.2 Å². The summed E-state index contributed by atoms with van der Waals surface area (Å²) in [4.78, 5) is 13.0. The molecule has 1 aromatic rings. The van der Waals surface area contributed by atoms with E-state index in [1.54, 1.807) is 6.07 Å². The van der Waals surface area contributed by atoms with Gasteiger partial charge in [-0.05, 0) is 43.0 Å². The molecule has 1 aliphatic heterocycles. The van der Waals surface area contributed by atoms with Crippen LogP contribution in [0.3, 0.4) is 0 Å².